The molecule has 0 saturated carbocycles. The number of phenols is 1. The summed E-state index contributed by atoms with van der Waals surface area (Å²) in [5, 5.41) is 16.7. The van der Waals surface area contributed by atoms with Gasteiger partial charge in [0.2, 0.25) is 5.91 Å². The summed E-state index contributed by atoms with van der Waals surface area (Å²) in [5.41, 5.74) is 0.876. The lowest BCUT2D eigenvalue weighted by atomic mass is 9.91. The van der Waals surface area contributed by atoms with Crippen LogP contribution in [0.25, 0.3) is 0 Å². The van der Waals surface area contributed by atoms with Gasteiger partial charge in [0.25, 0.3) is 0 Å². The number of aromatic nitrogens is 1. The first-order valence-corrected chi connectivity index (χ1v) is 7.85. The number of thiazole rings is 1. The Morgan fingerprint density at radius 1 is 1.55 bits per heavy atom. The Kier molecular flexibility index (Phi) is 3.89. The summed E-state index contributed by atoms with van der Waals surface area (Å²) in [4.78, 5) is 17.3. The predicted octanol–water partition coefficient (Wildman–Crippen LogP) is 2.76. The number of amides is 1. The summed E-state index contributed by atoms with van der Waals surface area (Å²) < 4.78 is 5.06. The topological polar surface area (TPSA) is 83.5 Å². The van der Waals surface area contributed by atoms with Crippen LogP contribution < -0.4 is 15.4 Å². The summed E-state index contributed by atoms with van der Waals surface area (Å²) in [5.74, 6) is 0.926. The lowest BCUT2D eigenvalue weighted by Crippen LogP contribution is -2.22. The van der Waals surface area contributed by atoms with Crippen LogP contribution in [0.1, 0.15) is 29.7 Å². The number of carbonyl (C=O) groups is 1. The molecule has 3 rings (SSSR count). The lowest BCUT2D eigenvalue weighted by Gasteiger charge is -2.22. The first kappa shape index (κ1) is 14.6. The second-order valence-corrected chi connectivity index (χ2v) is 6.03. The SMILES string of the molecule is CCNc1nc2c(s1)C(c1ccc(OC)c(O)c1)CC(=O)N2. The normalized spacial score (nSPS) is 16.8. The predicted molar refractivity (Wildman–Crippen MR) is 86.0 cm³/mol. The van der Waals surface area contributed by atoms with E-state index in [0.29, 0.717) is 18.0 Å². The van der Waals surface area contributed by atoms with Crippen LogP contribution in [0.2, 0.25) is 0 Å². The van der Waals surface area contributed by atoms with E-state index in [-0.39, 0.29) is 17.6 Å². The molecule has 116 valence electrons. The van der Waals surface area contributed by atoms with Gasteiger partial charge >= 0.3 is 0 Å². The van der Waals surface area contributed by atoms with Crippen LogP contribution in [-0.2, 0) is 4.79 Å². The number of nitrogens with one attached hydrogen (secondary N) is 2. The molecule has 6 nitrogen and oxygen atoms in total. The Morgan fingerprint density at radius 2 is 2.36 bits per heavy atom. The maximum Gasteiger partial charge on any atom is 0.226 e. The van der Waals surface area contributed by atoms with Gasteiger partial charge in [0.15, 0.2) is 16.6 Å². The van der Waals surface area contributed by atoms with Gasteiger partial charge in [0.05, 0.1) is 12.0 Å². The number of carbonyl (C=O) groups excluding carboxylic acids is 1. The minimum Gasteiger partial charge on any atom is -0.504 e. The molecule has 0 aliphatic carbocycles. The Bertz CT molecular complexity index is 714. The monoisotopic (exact) mass is 319 g/mol. The van der Waals surface area contributed by atoms with Crippen LogP contribution >= 0.6 is 11.3 Å². The van der Waals surface area contributed by atoms with E-state index < -0.39 is 0 Å². The van der Waals surface area contributed by atoms with Crippen LogP contribution in [0.4, 0.5) is 10.9 Å². The molecule has 1 unspecified atom stereocenters. The van der Waals surface area contributed by atoms with Gasteiger partial charge < -0.3 is 20.5 Å². The summed E-state index contributed by atoms with van der Waals surface area (Å²) in [7, 11) is 1.51. The Hall–Kier alpha value is -2.28. The van der Waals surface area contributed by atoms with Crippen LogP contribution in [0.5, 0.6) is 11.5 Å². The van der Waals surface area contributed by atoms with Crippen molar-refractivity contribution < 1.29 is 14.6 Å². The van der Waals surface area contributed by atoms with Crippen molar-refractivity contribution in [2.45, 2.75) is 19.3 Å². The van der Waals surface area contributed by atoms with Crippen molar-refractivity contribution in [3.05, 3.63) is 28.6 Å². The zero-order chi connectivity index (χ0) is 15.7. The van der Waals surface area contributed by atoms with Gasteiger partial charge in [-0.2, -0.15) is 0 Å². The largest absolute Gasteiger partial charge is 0.504 e. The fourth-order valence-electron chi connectivity index (χ4n) is 2.54. The molecule has 7 heteroatoms. The Labute approximate surface area is 132 Å². The minimum atomic E-state index is -0.106. The van der Waals surface area contributed by atoms with Gasteiger partial charge in [-0.15, -0.1) is 0 Å². The van der Waals surface area contributed by atoms with Gasteiger partial charge in [-0.3, -0.25) is 4.79 Å². The smallest absolute Gasteiger partial charge is 0.226 e. The number of hydrogen-bond acceptors (Lipinski definition) is 6. The molecule has 1 aromatic heterocycles. The van der Waals surface area contributed by atoms with Crippen molar-refractivity contribution in [3.8, 4) is 11.5 Å². The molecule has 3 N–H and O–H groups in total. The summed E-state index contributed by atoms with van der Waals surface area (Å²) in [6.45, 7) is 2.77. The maximum absolute atomic E-state index is 11.9. The first-order chi connectivity index (χ1) is 10.6. The number of methoxy groups -OCH3 is 1. The van der Waals surface area contributed by atoms with Crippen molar-refractivity contribution in [2.75, 3.05) is 24.3 Å². The number of anilines is 2. The molecule has 1 aliphatic heterocycles. The van der Waals surface area contributed by atoms with Crippen molar-refractivity contribution in [1.82, 2.24) is 4.98 Å². The Morgan fingerprint density at radius 3 is 3.05 bits per heavy atom. The number of rotatable bonds is 4. The third-order valence-corrected chi connectivity index (χ3v) is 4.68. The highest BCUT2D eigenvalue weighted by molar-refractivity contribution is 7.16. The van der Waals surface area contributed by atoms with E-state index >= 15 is 0 Å². The average Bonchev–Trinajstić information content (AvgIpc) is 2.89. The molecule has 1 aliphatic rings. The van der Waals surface area contributed by atoms with Crippen molar-refractivity contribution >= 4 is 28.2 Å². The van der Waals surface area contributed by atoms with Crippen LogP contribution in [-0.4, -0.2) is 29.7 Å². The third-order valence-electron chi connectivity index (χ3n) is 3.55. The average molecular weight is 319 g/mol. The lowest BCUT2D eigenvalue weighted by molar-refractivity contribution is -0.116. The summed E-state index contributed by atoms with van der Waals surface area (Å²) in [6, 6.07) is 5.24. The zero-order valence-electron chi connectivity index (χ0n) is 12.3. The minimum absolute atomic E-state index is 0.0684. The van der Waals surface area contributed by atoms with E-state index in [1.54, 1.807) is 12.1 Å². The van der Waals surface area contributed by atoms with Crippen molar-refractivity contribution in [1.29, 1.82) is 0 Å². The molecule has 0 saturated heterocycles. The second-order valence-electron chi connectivity index (χ2n) is 5.00. The van der Waals surface area contributed by atoms with Gasteiger partial charge in [0, 0.05) is 18.9 Å². The molecular formula is C15H17N3O3S. The number of fused-ring (bicyclic) bond motifs is 1. The van der Waals surface area contributed by atoms with Gasteiger partial charge in [-0.05, 0) is 24.6 Å². The number of ether oxygens (including phenoxy) is 1. The Balaban J connectivity index is 2.01. The van der Waals surface area contributed by atoms with Gasteiger partial charge in [-0.1, -0.05) is 17.4 Å². The second kappa shape index (κ2) is 5.84. The molecule has 22 heavy (non-hydrogen) atoms. The highest BCUT2D eigenvalue weighted by atomic mass is 32.1. The van der Waals surface area contributed by atoms with Crippen LogP contribution in [0, 0.1) is 0 Å². The molecule has 0 spiro atoms. The molecule has 1 aromatic carbocycles. The molecule has 1 amide bonds. The molecule has 0 bridgehead atoms. The first-order valence-electron chi connectivity index (χ1n) is 7.03. The number of aromatic hydroxyl groups is 1. The highest BCUT2D eigenvalue weighted by Crippen LogP contribution is 2.43. The number of phenolic OH excluding ortho intramolecular Hbond substituents is 1. The van der Waals surface area contributed by atoms with E-state index in [4.69, 9.17) is 4.74 Å². The third kappa shape index (κ3) is 2.59. The zero-order valence-corrected chi connectivity index (χ0v) is 13.2. The molecule has 1 atom stereocenters. The number of benzene rings is 1. The van der Waals surface area contributed by atoms with Crippen LogP contribution in [0.15, 0.2) is 18.2 Å². The van der Waals surface area contributed by atoms with Gasteiger partial charge in [0.1, 0.15) is 5.82 Å². The number of hydrogen-bond donors (Lipinski definition) is 3. The summed E-state index contributed by atoms with van der Waals surface area (Å²) >= 11 is 1.53. The standard InChI is InChI=1S/C15H17N3O3S/c1-3-16-15-18-14-13(22-15)9(7-12(20)17-14)8-4-5-11(21-2)10(19)6-8/h4-6,9,19H,3,7H2,1-2H3,(H,16,18)(H,17,20). The number of nitrogens with zero attached hydrogens (tertiary/aromatic N) is 1. The molecule has 0 fully saturated rings. The van der Waals surface area contributed by atoms with E-state index in [9.17, 15) is 9.90 Å². The fraction of sp³-hybridized carbons (Fsp3) is 0.333. The molecule has 0 radical (unpaired) electrons. The van der Waals surface area contributed by atoms with E-state index in [1.807, 2.05) is 13.0 Å². The van der Waals surface area contributed by atoms with Gasteiger partial charge in [-0.25, -0.2) is 4.98 Å². The van der Waals surface area contributed by atoms with E-state index in [0.717, 1.165) is 22.1 Å². The molecular weight excluding hydrogens is 302 g/mol. The highest BCUT2D eigenvalue weighted by Gasteiger charge is 2.30. The summed E-state index contributed by atoms with van der Waals surface area (Å²) in [6.07, 6.45) is 0.340. The van der Waals surface area contributed by atoms with E-state index in [1.165, 1.54) is 18.4 Å². The molecule has 2 heterocycles. The quantitative estimate of drug-likeness (QED) is 0.807. The fourth-order valence-corrected chi connectivity index (χ4v) is 3.66. The molecule has 2 aromatic rings. The van der Waals surface area contributed by atoms with Crippen molar-refractivity contribution in [2.24, 2.45) is 0 Å². The maximum atomic E-state index is 11.9. The van der Waals surface area contributed by atoms with Crippen molar-refractivity contribution in [3.63, 3.8) is 0 Å². The van der Waals surface area contributed by atoms with Crippen LogP contribution in [0.3, 0.4) is 0 Å². The van der Waals surface area contributed by atoms with E-state index in [2.05, 4.69) is 15.6 Å².